The third kappa shape index (κ3) is 7.01. The first-order valence-electron chi connectivity index (χ1n) is 27.8. The molecule has 8 nitrogen and oxygen atoms in total. The summed E-state index contributed by atoms with van der Waals surface area (Å²) in [6, 6.07) is 81.9. The molecule has 16 aromatic rings. The highest BCUT2D eigenvalue weighted by molar-refractivity contribution is 8.00. The van der Waals surface area contributed by atoms with Gasteiger partial charge in [-0.05, 0) is 88.6 Å². The van der Waals surface area contributed by atoms with Gasteiger partial charge in [0.05, 0.1) is 61.5 Å². The van der Waals surface area contributed by atoms with E-state index in [2.05, 4.69) is 222 Å². The smallest absolute Gasteiger partial charge is 0.151 e. The molecule has 0 aliphatic carbocycles. The Morgan fingerprint density at radius 3 is 1.98 bits per heavy atom. The summed E-state index contributed by atoms with van der Waals surface area (Å²) in [4.78, 5) is 27.6. The van der Waals surface area contributed by atoms with Crippen molar-refractivity contribution in [1.29, 1.82) is 0 Å². The monoisotopic (exact) mass is 1080 g/mol. The van der Waals surface area contributed by atoms with Crippen molar-refractivity contribution in [2.45, 2.75) is 9.79 Å². The normalized spacial score (nSPS) is 12.6. The Bertz CT molecular complexity index is 5500. The van der Waals surface area contributed by atoms with Gasteiger partial charge in [-0.2, -0.15) is 0 Å². The third-order valence-electron chi connectivity index (χ3n) is 16.8. The molecule has 386 valence electrons. The number of anilines is 4. The van der Waals surface area contributed by atoms with Crippen molar-refractivity contribution < 1.29 is 4.74 Å². The quantitative estimate of drug-likeness (QED) is 0.116. The van der Waals surface area contributed by atoms with E-state index in [0.717, 1.165) is 176 Å². The van der Waals surface area contributed by atoms with Gasteiger partial charge in [-0.15, -0.1) is 0 Å². The van der Waals surface area contributed by atoms with Crippen molar-refractivity contribution in [2.75, 3.05) is 10.6 Å². The fourth-order valence-corrected chi connectivity index (χ4v) is 14.4. The zero-order valence-corrected chi connectivity index (χ0v) is 45.0. The molecular weight excluding hydrogens is 1030 g/mol. The molecule has 0 saturated carbocycles. The van der Waals surface area contributed by atoms with Crippen LogP contribution in [0.5, 0.6) is 11.5 Å². The molecule has 0 fully saturated rings. The van der Waals surface area contributed by atoms with Gasteiger partial charge in [0.2, 0.25) is 0 Å². The second-order valence-electron chi connectivity index (χ2n) is 21.5. The number of aromatic nitrogens is 5. The molecule has 0 amide bonds. The Hall–Kier alpha value is -10.9. The maximum absolute atomic E-state index is 6.89. The number of nitrogens with zero attached hydrogens (tertiary/aromatic N) is 4. The summed E-state index contributed by atoms with van der Waals surface area (Å²) < 4.78 is 6.89. The highest BCUT2D eigenvalue weighted by Gasteiger charge is 2.36. The lowest BCUT2D eigenvalue weighted by Gasteiger charge is -2.33. The molecule has 0 unspecified atom stereocenters. The van der Waals surface area contributed by atoms with Gasteiger partial charge >= 0.3 is 0 Å². The van der Waals surface area contributed by atoms with E-state index in [9.17, 15) is 0 Å². The zero-order chi connectivity index (χ0) is 54.3. The largest absolute Gasteiger partial charge is 0.453 e. The van der Waals surface area contributed by atoms with Crippen LogP contribution in [0.15, 0.2) is 253 Å². The van der Waals surface area contributed by atoms with E-state index in [1.165, 1.54) is 10.8 Å². The summed E-state index contributed by atoms with van der Waals surface area (Å²) in [5.41, 5.74) is 19.1. The number of fused-ring (bicyclic) bond motifs is 15. The zero-order valence-electron chi connectivity index (χ0n) is 44.2. The Morgan fingerprint density at radius 1 is 0.373 bits per heavy atom. The van der Waals surface area contributed by atoms with Crippen LogP contribution in [0.25, 0.3) is 143 Å². The van der Waals surface area contributed by atoms with Crippen molar-refractivity contribution in [1.82, 2.24) is 24.9 Å². The Labute approximate surface area is 479 Å². The van der Waals surface area contributed by atoms with Gasteiger partial charge in [0.1, 0.15) is 0 Å². The molecule has 0 radical (unpaired) electrons. The summed E-state index contributed by atoms with van der Waals surface area (Å²) in [6.07, 6.45) is 3.86. The van der Waals surface area contributed by atoms with Crippen LogP contribution in [0.2, 0.25) is 0 Å². The van der Waals surface area contributed by atoms with Gasteiger partial charge in [-0.1, -0.05) is 176 Å². The summed E-state index contributed by atoms with van der Waals surface area (Å²) in [7, 11) is 0. The molecular formula is C74H43N7OS. The fourth-order valence-electron chi connectivity index (χ4n) is 13.1. The molecule has 2 aliphatic heterocycles. The Kier molecular flexibility index (Phi) is 9.86. The van der Waals surface area contributed by atoms with Gasteiger partial charge in [-0.25, -0.2) is 9.97 Å². The van der Waals surface area contributed by atoms with Crippen molar-refractivity contribution in [3.63, 3.8) is 0 Å². The highest BCUT2D eigenvalue weighted by atomic mass is 32.2. The van der Waals surface area contributed by atoms with Gasteiger partial charge in [0.15, 0.2) is 11.5 Å². The molecule has 3 N–H and O–H groups in total. The summed E-state index contributed by atoms with van der Waals surface area (Å²) >= 11 is 1.79. The van der Waals surface area contributed by atoms with E-state index >= 15 is 0 Å². The number of rotatable bonds is 5. The second kappa shape index (κ2) is 17.8. The minimum absolute atomic E-state index is 0.727. The van der Waals surface area contributed by atoms with Gasteiger partial charge in [-0.3, -0.25) is 9.97 Å². The first-order chi connectivity index (χ1) is 41.1. The average molecular weight is 1080 g/mol. The number of nitrogens with one attached hydrogen (secondary N) is 3. The van der Waals surface area contributed by atoms with E-state index in [4.69, 9.17) is 24.7 Å². The van der Waals surface area contributed by atoms with Crippen molar-refractivity contribution >= 4 is 121 Å². The van der Waals surface area contributed by atoms with Crippen LogP contribution in [0.3, 0.4) is 0 Å². The maximum Gasteiger partial charge on any atom is 0.151 e. The van der Waals surface area contributed by atoms with Crippen LogP contribution < -0.4 is 15.4 Å². The molecule has 5 aromatic heterocycles. The van der Waals surface area contributed by atoms with Crippen molar-refractivity contribution in [3.05, 3.63) is 243 Å². The first kappa shape index (κ1) is 45.9. The first-order valence-corrected chi connectivity index (χ1v) is 28.7. The van der Waals surface area contributed by atoms with E-state index < -0.39 is 0 Å². The summed E-state index contributed by atoms with van der Waals surface area (Å²) in [5.74, 6) is 1.49. The lowest BCUT2D eigenvalue weighted by molar-refractivity contribution is 0.481. The van der Waals surface area contributed by atoms with Crippen LogP contribution >= 0.6 is 11.8 Å². The molecule has 2 aliphatic rings. The van der Waals surface area contributed by atoms with Gasteiger partial charge < -0.3 is 20.4 Å². The predicted octanol–water partition coefficient (Wildman–Crippen LogP) is 20.2. The molecule has 11 aromatic carbocycles. The number of benzene rings is 11. The lowest BCUT2D eigenvalue weighted by atomic mass is 9.79. The summed E-state index contributed by atoms with van der Waals surface area (Å²) in [5, 5.41) is 19.0. The lowest BCUT2D eigenvalue weighted by Crippen LogP contribution is -2.10. The fraction of sp³-hybridized carbons (Fsp3) is 0. The molecule has 0 atom stereocenters. The van der Waals surface area contributed by atoms with Crippen molar-refractivity contribution in [2.24, 2.45) is 0 Å². The van der Waals surface area contributed by atoms with E-state index in [1.807, 2.05) is 36.7 Å². The minimum Gasteiger partial charge on any atom is -0.453 e. The van der Waals surface area contributed by atoms with Crippen molar-refractivity contribution in [3.8, 4) is 67.4 Å². The number of ether oxygens (including phenoxy) is 1. The predicted molar refractivity (Wildman–Crippen MR) is 343 cm³/mol. The molecule has 18 rings (SSSR count). The Balaban J connectivity index is 1.04. The summed E-state index contributed by atoms with van der Waals surface area (Å²) in [6.45, 7) is 0. The number of aromatic amines is 1. The molecule has 83 heavy (non-hydrogen) atoms. The number of para-hydroxylation sites is 4. The van der Waals surface area contributed by atoms with Gasteiger partial charge in [0, 0.05) is 104 Å². The van der Waals surface area contributed by atoms with Crippen LogP contribution in [0.1, 0.15) is 0 Å². The van der Waals surface area contributed by atoms with Crippen LogP contribution in [0.4, 0.5) is 22.7 Å². The van der Waals surface area contributed by atoms with E-state index in [1.54, 1.807) is 11.8 Å². The molecule has 7 heterocycles. The Morgan fingerprint density at radius 2 is 1.04 bits per heavy atom. The molecule has 0 bridgehead atoms. The number of pyridine rings is 4. The van der Waals surface area contributed by atoms with Crippen LogP contribution in [-0.4, -0.2) is 24.9 Å². The molecule has 0 saturated heterocycles. The topological polar surface area (TPSA) is 101 Å². The number of H-pyrrole nitrogens is 1. The minimum atomic E-state index is 0.727. The SMILES string of the molecule is c1ccc2c(c1)Nc1c(cccc1-c1c3c(c(-c4ccc5ccc6cccnc6c5n4)c(-c4cccc5nc6ccccc6cc45)c1-c1cccc4ncc5ccccc5c14)Sc1c(cccc1-c1cc4ccc5ccccc5c4[nH]1)N3)O2. The second-order valence-corrected chi connectivity index (χ2v) is 22.5. The number of hydrogen-bond donors (Lipinski definition) is 3. The highest BCUT2D eigenvalue weighted by Crippen LogP contribution is 2.63. The molecule has 9 heteroatoms. The van der Waals surface area contributed by atoms with Crippen LogP contribution in [-0.2, 0) is 0 Å². The van der Waals surface area contributed by atoms with Crippen LogP contribution in [0, 0.1) is 0 Å². The van der Waals surface area contributed by atoms with E-state index in [-0.39, 0.29) is 0 Å². The van der Waals surface area contributed by atoms with E-state index in [0.29, 0.717) is 0 Å². The van der Waals surface area contributed by atoms with Gasteiger partial charge in [0.25, 0.3) is 0 Å². The maximum atomic E-state index is 6.89. The number of hydrogen-bond acceptors (Lipinski definition) is 8. The standard InChI is InChI=1S/C74H43N7OS/c1-5-19-48-41(14-1)31-34-45-39-60(81-68(45)48)50-21-10-28-59-73(50)83-74-67(58-36-35-43-33-32-42-17-13-37-75-69(42)70(43)79-58)64(49-20-9-26-55-53(49)38-44-15-3-6-24-54(44)77-55)65(51-22-11-27-57-63(51)47-18-4-2-16-46(47)40-76-57)66(72(74)80-59)52-23-12-30-62-71(52)78-56-25-7-8-29-61(56)82-62/h1-40,78,80-81H. The molecule has 0 spiro atoms. The third-order valence-corrected chi connectivity index (χ3v) is 18.1. The average Bonchev–Trinajstić information content (AvgIpc) is 2.69.